The Morgan fingerprint density at radius 2 is 2.04 bits per heavy atom. The normalized spacial score (nSPS) is 13.7. The van der Waals surface area contributed by atoms with Crippen molar-refractivity contribution in [2.24, 2.45) is 0 Å². The molecule has 2 aromatic heterocycles. The zero-order valence-electron chi connectivity index (χ0n) is 14.9. The van der Waals surface area contributed by atoms with Crippen LogP contribution in [0.5, 0.6) is 5.75 Å². The molecule has 0 N–H and O–H groups in total. The van der Waals surface area contributed by atoms with Crippen LogP contribution in [0.2, 0.25) is 0 Å². The number of carbonyl (C=O) groups is 1. The van der Waals surface area contributed by atoms with Crippen LogP contribution in [-0.2, 0) is 4.74 Å². The Bertz CT molecular complexity index is 964. The van der Waals surface area contributed by atoms with E-state index in [-0.39, 0.29) is 12.4 Å². The molecule has 0 radical (unpaired) electrons. The number of rotatable bonds is 7. The molecule has 1 aromatic carbocycles. The molecule has 0 saturated heterocycles. The minimum Gasteiger partial charge on any atom is -0.493 e. The second-order valence-electron chi connectivity index (χ2n) is 6.61. The lowest BCUT2D eigenvalue weighted by atomic mass is 10.1. The van der Waals surface area contributed by atoms with E-state index >= 15 is 0 Å². The molecule has 3 aromatic rings. The van der Waals surface area contributed by atoms with Crippen molar-refractivity contribution >= 4 is 17.1 Å². The number of aryl methyl sites for hydroxylation is 1. The molecule has 0 atom stereocenters. The van der Waals surface area contributed by atoms with Gasteiger partial charge < -0.3 is 14.0 Å². The molecule has 4 rings (SSSR count). The van der Waals surface area contributed by atoms with Gasteiger partial charge in [0.05, 0.1) is 29.9 Å². The lowest BCUT2D eigenvalue weighted by Crippen LogP contribution is -2.11. The first kappa shape index (κ1) is 17.5. The maximum absolute atomic E-state index is 12.8. The highest BCUT2D eigenvalue weighted by Crippen LogP contribution is 2.40. The average molecular weight is 370 g/mol. The van der Waals surface area contributed by atoms with Crippen molar-refractivity contribution in [3.8, 4) is 5.75 Å². The van der Waals surface area contributed by atoms with E-state index < -0.39 is 5.97 Å². The minimum atomic E-state index is -0.419. The second-order valence-corrected chi connectivity index (χ2v) is 6.61. The van der Waals surface area contributed by atoms with E-state index in [2.05, 4.69) is 10.1 Å². The Hall–Kier alpha value is -2.96. The molecule has 1 saturated carbocycles. The van der Waals surface area contributed by atoms with Crippen LogP contribution in [0.1, 0.15) is 46.9 Å². The van der Waals surface area contributed by atoms with Gasteiger partial charge in [0.25, 0.3) is 5.71 Å². The predicted octanol–water partition coefficient (Wildman–Crippen LogP) is 4.17. The van der Waals surface area contributed by atoms with Gasteiger partial charge in [-0.05, 0) is 50.1 Å². The summed E-state index contributed by atoms with van der Waals surface area (Å²) in [6.07, 6.45) is 2.66. The highest BCUT2D eigenvalue weighted by atomic mass is 19.1. The van der Waals surface area contributed by atoms with E-state index in [9.17, 15) is 9.18 Å². The lowest BCUT2D eigenvalue weighted by molar-refractivity contribution is 0.0488. The van der Waals surface area contributed by atoms with Crippen molar-refractivity contribution in [2.75, 3.05) is 13.2 Å². The topological polar surface area (TPSA) is 74.5 Å². The van der Waals surface area contributed by atoms with Crippen molar-refractivity contribution in [2.45, 2.75) is 32.1 Å². The molecular weight excluding hydrogens is 351 g/mol. The van der Waals surface area contributed by atoms with Crippen molar-refractivity contribution in [3.05, 3.63) is 53.1 Å². The fourth-order valence-electron chi connectivity index (χ4n) is 2.89. The molecule has 1 aliphatic carbocycles. The number of esters is 1. The van der Waals surface area contributed by atoms with Gasteiger partial charge in [-0.1, -0.05) is 5.16 Å². The standard InChI is InChI=1S/C20H19FN2O4/c1-12-18-16(11-17(13-3-4-13)22-19(18)27-23-12)20(24)26-10-2-9-25-15-7-5-14(21)6-8-15/h5-8,11,13H,2-4,9-10H2,1H3. The third-order valence-corrected chi connectivity index (χ3v) is 4.46. The fourth-order valence-corrected chi connectivity index (χ4v) is 2.89. The molecule has 0 unspecified atom stereocenters. The quantitative estimate of drug-likeness (QED) is 0.459. The van der Waals surface area contributed by atoms with Gasteiger partial charge in [-0.3, -0.25) is 0 Å². The van der Waals surface area contributed by atoms with Crippen molar-refractivity contribution < 1.29 is 23.2 Å². The van der Waals surface area contributed by atoms with Gasteiger partial charge in [0.15, 0.2) is 0 Å². The summed E-state index contributed by atoms with van der Waals surface area (Å²) >= 11 is 0. The van der Waals surface area contributed by atoms with Crippen LogP contribution in [0.3, 0.4) is 0 Å². The first-order valence-corrected chi connectivity index (χ1v) is 8.94. The number of ether oxygens (including phenoxy) is 2. The van der Waals surface area contributed by atoms with E-state index in [1.807, 2.05) is 0 Å². The van der Waals surface area contributed by atoms with Crippen molar-refractivity contribution in [1.29, 1.82) is 0 Å². The molecule has 2 heterocycles. The molecule has 1 fully saturated rings. The summed E-state index contributed by atoms with van der Waals surface area (Å²) in [6.45, 7) is 2.36. The first-order chi connectivity index (χ1) is 13.1. The lowest BCUT2D eigenvalue weighted by Gasteiger charge is -2.08. The number of aromatic nitrogens is 2. The zero-order chi connectivity index (χ0) is 18.8. The maximum atomic E-state index is 12.8. The number of benzene rings is 1. The Morgan fingerprint density at radius 1 is 1.26 bits per heavy atom. The van der Waals surface area contributed by atoms with Gasteiger partial charge >= 0.3 is 5.97 Å². The van der Waals surface area contributed by atoms with Gasteiger partial charge in [-0.2, -0.15) is 0 Å². The van der Waals surface area contributed by atoms with E-state index in [0.717, 1.165) is 18.5 Å². The monoisotopic (exact) mass is 370 g/mol. The summed E-state index contributed by atoms with van der Waals surface area (Å²) in [4.78, 5) is 17.0. The average Bonchev–Trinajstić information content (AvgIpc) is 3.46. The Kier molecular flexibility index (Phi) is 4.75. The van der Waals surface area contributed by atoms with Crippen LogP contribution in [0, 0.1) is 12.7 Å². The second kappa shape index (κ2) is 7.34. The molecule has 0 amide bonds. The third-order valence-electron chi connectivity index (χ3n) is 4.46. The number of hydrogen-bond acceptors (Lipinski definition) is 6. The van der Waals surface area contributed by atoms with E-state index in [0.29, 0.717) is 47.1 Å². The highest BCUT2D eigenvalue weighted by Gasteiger charge is 2.29. The van der Waals surface area contributed by atoms with Gasteiger partial charge in [-0.15, -0.1) is 0 Å². The predicted molar refractivity (Wildman–Crippen MR) is 95.3 cm³/mol. The van der Waals surface area contributed by atoms with Crippen LogP contribution in [-0.4, -0.2) is 29.3 Å². The molecule has 0 bridgehead atoms. The summed E-state index contributed by atoms with van der Waals surface area (Å²) in [7, 11) is 0. The number of halogens is 1. The van der Waals surface area contributed by atoms with Gasteiger partial charge in [0, 0.05) is 18.0 Å². The highest BCUT2D eigenvalue weighted by molar-refractivity contribution is 6.03. The first-order valence-electron chi connectivity index (χ1n) is 8.94. The van der Waals surface area contributed by atoms with Gasteiger partial charge in [0.2, 0.25) is 0 Å². The number of carbonyl (C=O) groups excluding carboxylic acids is 1. The Balaban J connectivity index is 1.36. The smallest absolute Gasteiger partial charge is 0.339 e. The maximum Gasteiger partial charge on any atom is 0.339 e. The van der Waals surface area contributed by atoms with E-state index in [1.54, 1.807) is 25.1 Å². The number of pyridine rings is 1. The van der Waals surface area contributed by atoms with E-state index in [1.165, 1.54) is 12.1 Å². The molecule has 27 heavy (non-hydrogen) atoms. The van der Waals surface area contributed by atoms with Gasteiger partial charge in [0.1, 0.15) is 11.6 Å². The van der Waals surface area contributed by atoms with Crippen molar-refractivity contribution in [3.63, 3.8) is 0 Å². The molecule has 0 aliphatic heterocycles. The van der Waals surface area contributed by atoms with Crippen LogP contribution in [0.25, 0.3) is 11.1 Å². The summed E-state index contributed by atoms with van der Waals surface area (Å²) in [5, 5.41) is 4.52. The van der Waals surface area contributed by atoms with Crippen LogP contribution < -0.4 is 4.74 Å². The minimum absolute atomic E-state index is 0.215. The summed E-state index contributed by atoms with van der Waals surface area (Å²) in [5.41, 5.74) is 2.29. The third kappa shape index (κ3) is 3.92. The number of hydrogen-bond donors (Lipinski definition) is 0. The van der Waals surface area contributed by atoms with Crippen LogP contribution in [0.15, 0.2) is 34.9 Å². The Morgan fingerprint density at radius 3 is 2.78 bits per heavy atom. The molecule has 140 valence electrons. The molecular formula is C20H19FN2O4. The summed E-state index contributed by atoms with van der Waals surface area (Å²) in [5.74, 6) is 0.232. The summed E-state index contributed by atoms with van der Waals surface area (Å²) < 4.78 is 29.0. The van der Waals surface area contributed by atoms with Crippen LogP contribution >= 0.6 is 0 Å². The SMILES string of the molecule is Cc1noc2nc(C3CC3)cc(C(=O)OCCCOc3ccc(F)cc3)c12. The van der Waals surface area contributed by atoms with Crippen LogP contribution in [0.4, 0.5) is 4.39 Å². The molecule has 1 aliphatic rings. The fraction of sp³-hybridized carbons (Fsp3) is 0.350. The van der Waals surface area contributed by atoms with Gasteiger partial charge in [-0.25, -0.2) is 14.2 Å². The molecule has 7 heteroatoms. The van der Waals surface area contributed by atoms with E-state index in [4.69, 9.17) is 14.0 Å². The molecule has 0 spiro atoms. The summed E-state index contributed by atoms with van der Waals surface area (Å²) in [6, 6.07) is 7.58. The molecule has 6 nitrogen and oxygen atoms in total. The largest absolute Gasteiger partial charge is 0.493 e. The number of fused-ring (bicyclic) bond motifs is 1. The zero-order valence-corrected chi connectivity index (χ0v) is 14.9. The Labute approximate surface area is 155 Å². The number of nitrogens with zero attached hydrogens (tertiary/aromatic N) is 2. The van der Waals surface area contributed by atoms with Crippen molar-refractivity contribution in [1.82, 2.24) is 10.1 Å².